The smallest absolute Gasteiger partial charge is 0.335 e. The van der Waals surface area contributed by atoms with Gasteiger partial charge in [0.2, 0.25) is 0 Å². The van der Waals surface area contributed by atoms with Crippen molar-refractivity contribution < 1.29 is 43.5 Å². The molecule has 8 saturated heterocycles. The number of aliphatic hydroxyl groups is 1. The Morgan fingerprint density at radius 1 is 0.897 bits per heavy atom. The zero-order valence-corrected chi connectivity index (χ0v) is 45.5. The van der Waals surface area contributed by atoms with E-state index in [9.17, 15) is 14.7 Å². The van der Waals surface area contributed by atoms with Crippen molar-refractivity contribution in [2.24, 2.45) is 34.5 Å². The molecule has 2 bridgehead atoms. The van der Waals surface area contributed by atoms with E-state index in [2.05, 4.69) is 98.5 Å². The fourth-order valence-electron chi connectivity index (χ4n) is 22.0. The van der Waals surface area contributed by atoms with Gasteiger partial charge in [0.05, 0.1) is 73.4 Å². The number of H-pyrrole nitrogens is 1. The third kappa shape index (κ3) is 5.19. The number of nitrogens with zero attached hydrogens (tertiary/aromatic N) is 4. The molecule has 0 amide bonds. The summed E-state index contributed by atoms with van der Waals surface area (Å²) in [6.45, 7) is 6.63. The zero-order chi connectivity index (χ0) is 52.7. The summed E-state index contributed by atoms with van der Waals surface area (Å²) in [6, 6.07) is 19.2. The first kappa shape index (κ1) is 47.4. The van der Waals surface area contributed by atoms with Gasteiger partial charge in [-0.1, -0.05) is 54.1 Å². The number of piperidine rings is 4. The van der Waals surface area contributed by atoms with Crippen molar-refractivity contribution in [3.63, 3.8) is 0 Å². The summed E-state index contributed by atoms with van der Waals surface area (Å²) in [5, 5.41) is 34.5. The molecule has 78 heavy (non-hydrogen) atoms. The predicted octanol–water partition coefficient (Wildman–Crippen LogP) is 7.05. The molecule has 10 aliphatic heterocycles. The van der Waals surface area contributed by atoms with Crippen molar-refractivity contribution in [1.82, 2.24) is 19.7 Å². The van der Waals surface area contributed by atoms with Gasteiger partial charge in [-0.15, -0.1) is 0 Å². The van der Waals surface area contributed by atoms with Crippen LogP contribution >= 0.6 is 0 Å². The Labute approximate surface area is 455 Å². The Hall–Kier alpha value is -5.42. The molecule has 4 unspecified atom stereocenters. The Balaban J connectivity index is 0.916. The van der Waals surface area contributed by atoms with Crippen LogP contribution in [0.5, 0.6) is 11.5 Å². The summed E-state index contributed by atoms with van der Waals surface area (Å²) in [5.74, 6) is -0.650. The number of carbonyl (C=O) groups is 2. The zero-order valence-electron chi connectivity index (χ0n) is 45.5. The number of benzene rings is 3. The number of aromatic hydroxyl groups is 1. The van der Waals surface area contributed by atoms with Crippen molar-refractivity contribution in [2.75, 3.05) is 78.0 Å². The van der Waals surface area contributed by atoms with Gasteiger partial charge in [-0.05, 0) is 119 Å². The number of ether oxygens (including phenoxy) is 5. The van der Waals surface area contributed by atoms with Crippen LogP contribution in [-0.2, 0) is 45.8 Å². The third-order valence-corrected chi connectivity index (χ3v) is 24.3. The number of esters is 2. The van der Waals surface area contributed by atoms with E-state index in [1.165, 1.54) is 25.4 Å². The first-order valence-corrected chi connectivity index (χ1v) is 29.3. The van der Waals surface area contributed by atoms with E-state index in [0.717, 1.165) is 121 Å². The second-order valence-electron chi connectivity index (χ2n) is 26.2. The number of carbonyl (C=O) groups excluding carboxylic acids is 2. The van der Waals surface area contributed by atoms with Crippen molar-refractivity contribution >= 4 is 34.2 Å². The fourth-order valence-corrected chi connectivity index (χ4v) is 22.0. The molecule has 0 radical (unpaired) electrons. The van der Waals surface area contributed by atoms with Gasteiger partial charge in [-0.3, -0.25) is 19.5 Å². The highest BCUT2D eigenvalue weighted by molar-refractivity contribution is 5.94. The van der Waals surface area contributed by atoms with Crippen LogP contribution in [0.3, 0.4) is 0 Å². The van der Waals surface area contributed by atoms with Crippen LogP contribution in [0.1, 0.15) is 98.6 Å². The molecule has 17 rings (SSSR count). The molecule has 9 fully saturated rings. The topological polar surface area (TPSA) is 162 Å². The molecule has 15 nitrogen and oxygen atoms in total. The number of phenolic OH excluding ortho intramolecular Hbond substituents is 1. The number of hydrogen-bond donors (Lipinski definition) is 4. The maximum Gasteiger partial charge on any atom is 0.335 e. The molecule has 4 aromatic rings. The van der Waals surface area contributed by atoms with E-state index in [1.807, 2.05) is 6.07 Å². The van der Waals surface area contributed by atoms with E-state index in [0.29, 0.717) is 44.6 Å². The van der Waals surface area contributed by atoms with Crippen molar-refractivity contribution in [3.8, 4) is 11.5 Å². The molecular weight excluding hydrogens is 985 g/mol. The lowest BCUT2D eigenvalue weighted by Gasteiger charge is -2.71. The Morgan fingerprint density at radius 2 is 1.74 bits per heavy atom. The Kier molecular flexibility index (Phi) is 9.56. The molecular formula is C63H72N6O9. The lowest BCUT2D eigenvalue weighted by atomic mass is 9.45. The SMILES string of the molecule is C/C=C1/CN(C)C2Cc3c([nH]c4ccccc34)[C@H](c3ccc4c(c3O)N3[C@@H]5[C@@H](C[C@@H]6C[C@]78CCO[C@H]7CCN7CC[C@@]4(C78)C63O)[C@@H]3OCC[C@]34CC(C(=O)OC)=C3Nc6c(OC)cccc6[C@@]36CCN5C46)C[C@H]1[C@@H]2C(=O)OC. The number of likely N-dealkylation sites (N-methyl/N-ethyl adjacent to an activating group) is 1. The molecule has 1 aromatic heterocycles. The minimum absolute atomic E-state index is 0.0227. The van der Waals surface area contributed by atoms with Crippen LogP contribution < -0.4 is 15.0 Å². The van der Waals surface area contributed by atoms with E-state index >= 15 is 5.11 Å². The molecule has 3 aromatic carbocycles. The van der Waals surface area contributed by atoms with Gasteiger partial charge in [-0.25, -0.2) is 4.79 Å². The van der Waals surface area contributed by atoms with E-state index in [-0.39, 0.29) is 83.3 Å². The maximum absolute atomic E-state index is 15.2. The minimum atomic E-state index is -1.36. The van der Waals surface area contributed by atoms with Gasteiger partial charge in [0.25, 0.3) is 0 Å². The van der Waals surface area contributed by atoms with Crippen LogP contribution in [0.4, 0.5) is 11.4 Å². The first-order valence-electron chi connectivity index (χ1n) is 29.3. The quantitative estimate of drug-likeness (QED) is 0.122. The Bertz CT molecular complexity index is 3390. The van der Waals surface area contributed by atoms with Crippen LogP contribution in [0.2, 0.25) is 0 Å². The second-order valence-corrected chi connectivity index (χ2v) is 26.2. The van der Waals surface area contributed by atoms with Crippen molar-refractivity contribution in [1.29, 1.82) is 0 Å². The second kappa shape index (κ2) is 15.7. The standard InChI is InChI=1S/C63H72N6O9/c1-6-32-31-66(2)44-28-38-34-10-7-8-12-43(34)64-48(38)37(27-36(32)47(44)56(72)76-5)35-14-15-42-50(51(35)70)69-54-39(26-33-29-59-19-24-77-46(59)16-21-67-22-18-62(42,58(59)67)63(33,69)73)53-60(20-25-78-53)30-40(55(71)75-4)52-61(17-23-68(54)57(60)61)41-11-9-13-45(74-3)49(41)65-52/h6-15,33,36-37,39,44,46-47,53-54,57-58,64-65,70,73H,16-31H2,1-5H3/b32-6-/t33-,36-,37+,39+,44?,46+,47+,53+,54-,57?,58?,59-,60+,61+,62-,63?/m1/s1. The largest absolute Gasteiger partial charge is 0.505 e. The first-order chi connectivity index (χ1) is 37.9. The number of methoxy groups -OCH3 is 3. The van der Waals surface area contributed by atoms with Crippen molar-refractivity contribution in [2.45, 2.75) is 130 Å². The van der Waals surface area contributed by atoms with E-state index < -0.39 is 27.9 Å². The molecule has 15 heteroatoms. The van der Waals surface area contributed by atoms with Crippen LogP contribution in [0.15, 0.2) is 77.5 Å². The number of fused-ring (bicyclic) bond motifs is 12. The third-order valence-electron chi connectivity index (χ3n) is 24.3. The van der Waals surface area contributed by atoms with Gasteiger partial charge in [0, 0.05) is 107 Å². The average molecular weight is 1060 g/mol. The minimum Gasteiger partial charge on any atom is -0.505 e. The molecule has 408 valence electrons. The highest BCUT2D eigenvalue weighted by Gasteiger charge is 2.84. The highest BCUT2D eigenvalue weighted by atomic mass is 16.5. The fraction of sp³-hybridized carbons (Fsp3) is 0.587. The normalized spacial score (nSPS) is 42.5. The van der Waals surface area contributed by atoms with Crippen LogP contribution in [0, 0.1) is 34.5 Å². The molecule has 4 N–H and O–H groups in total. The number of para-hydroxylation sites is 2. The molecule has 3 aliphatic carbocycles. The lowest BCUT2D eigenvalue weighted by molar-refractivity contribution is -0.237. The average Bonchev–Trinajstić information content (AvgIpc) is 1.72. The van der Waals surface area contributed by atoms with Gasteiger partial charge >= 0.3 is 11.9 Å². The predicted molar refractivity (Wildman–Crippen MR) is 290 cm³/mol. The number of rotatable bonds is 4. The number of phenols is 1. The van der Waals surface area contributed by atoms with E-state index in [4.69, 9.17) is 23.7 Å². The molecule has 11 heterocycles. The van der Waals surface area contributed by atoms with Gasteiger partial charge in [0.15, 0.2) is 5.72 Å². The summed E-state index contributed by atoms with van der Waals surface area (Å²) < 4.78 is 31.7. The maximum atomic E-state index is 15.2. The number of aromatic amines is 1. The summed E-state index contributed by atoms with van der Waals surface area (Å²) in [6.07, 6.45) is 9.30. The molecule has 1 saturated carbocycles. The molecule has 16 atom stereocenters. The summed E-state index contributed by atoms with van der Waals surface area (Å²) in [4.78, 5) is 43.0. The number of allylic oxidation sites excluding steroid dienone is 1. The number of aromatic nitrogens is 1. The summed E-state index contributed by atoms with van der Waals surface area (Å²) in [5.41, 5.74) is 7.46. The number of nitrogens with one attached hydrogen (secondary N) is 2. The van der Waals surface area contributed by atoms with Gasteiger partial charge in [-0.2, -0.15) is 0 Å². The van der Waals surface area contributed by atoms with E-state index in [1.54, 1.807) is 7.11 Å². The Morgan fingerprint density at radius 3 is 2.58 bits per heavy atom. The molecule has 13 aliphatic rings. The number of likely N-dealkylation sites (tertiary alicyclic amines) is 1. The van der Waals surface area contributed by atoms with Gasteiger partial charge in [0.1, 0.15) is 11.5 Å². The number of anilines is 2. The number of hydrogen-bond acceptors (Lipinski definition) is 14. The molecule has 4 spiro atoms. The monoisotopic (exact) mass is 1060 g/mol. The van der Waals surface area contributed by atoms with Gasteiger partial charge < -0.3 is 49.1 Å². The van der Waals surface area contributed by atoms with Crippen LogP contribution in [0.25, 0.3) is 10.9 Å². The summed E-state index contributed by atoms with van der Waals surface area (Å²) >= 11 is 0. The van der Waals surface area contributed by atoms with Crippen molar-refractivity contribution in [3.05, 3.63) is 105 Å². The lowest BCUT2D eigenvalue weighted by Crippen LogP contribution is -2.83. The van der Waals surface area contributed by atoms with Crippen LogP contribution in [-0.4, -0.2) is 152 Å². The summed E-state index contributed by atoms with van der Waals surface area (Å²) in [7, 11) is 6.87. The highest BCUT2D eigenvalue weighted by Crippen LogP contribution is 2.78.